The molecule has 2 N–H and O–H groups in total. The number of nitrogens with one attached hydrogen (secondary N) is 1. The molecule has 2 rings (SSSR count). The van der Waals surface area contributed by atoms with E-state index in [0.717, 1.165) is 10.9 Å². The number of aryl methyl sites for hydroxylation is 2. The van der Waals surface area contributed by atoms with Gasteiger partial charge in [-0.2, -0.15) is 0 Å². The van der Waals surface area contributed by atoms with Gasteiger partial charge in [0.05, 0.1) is 23.3 Å². The minimum absolute atomic E-state index is 0.0919. The number of rotatable bonds is 4. The molecular formula is C11H13N5O4S. The van der Waals surface area contributed by atoms with E-state index in [4.69, 9.17) is 5.11 Å². The number of carboxylic acids is 1. The van der Waals surface area contributed by atoms with Crippen molar-refractivity contribution in [2.24, 2.45) is 7.05 Å². The number of pyridine rings is 1. The molecule has 2 heterocycles. The van der Waals surface area contributed by atoms with Crippen molar-refractivity contribution in [3.63, 3.8) is 0 Å². The normalized spacial score (nSPS) is 11.4. The highest BCUT2D eigenvalue weighted by molar-refractivity contribution is 7.92. The fourth-order valence-corrected chi connectivity index (χ4v) is 2.39. The molecule has 0 saturated carbocycles. The van der Waals surface area contributed by atoms with Crippen LogP contribution in [-0.2, 0) is 17.1 Å². The molecule has 2 aromatic heterocycles. The van der Waals surface area contributed by atoms with Crippen molar-refractivity contribution in [1.82, 2.24) is 20.0 Å². The Labute approximate surface area is 120 Å². The number of sulfonamides is 1. The van der Waals surface area contributed by atoms with Crippen LogP contribution in [0.1, 0.15) is 16.2 Å². The Morgan fingerprint density at radius 3 is 2.57 bits per heavy atom. The van der Waals surface area contributed by atoms with Crippen LogP contribution in [0.2, 0.25) is 0 Å². The summed E-state index contributed by atoms with van der Waals surface area (Å²) in [5.41, 5.74) is 1.06. The highest BCUT2D eigenvalue weighted by atomic mass is 32.2. The number of aromatic carboxylic acids is 1. The van der Waals surface area contributed by atoms with Gasteiger partial charge in [0.1, 0.15) is 5.69 Å². The van der Waals surface area contributed by atoms with Crippen LogP contribution in [-0.4, -0.2) is 45.7 Å². The van der Waals surface area contributed by atoms with Crippen LogP contribution < -0.4 is 4.72 Å². The van der Waals surface area contributed by atoms with Crippen molar-refractivity contribution < 1.29 is 18.3 Å². The van der Waals surface area contributed by atoms with Gasteiger partial charge in [-0.1, -0.05) is 5.21 Å². The maximum absolute atomic E-state index is 11.2. The molecule has 0 saturated heterocycles. The molecule has 0 aliphatic heterocycles. The summed E-state index contributed by atoms with van der Waals surface area (Å²) >= 11 is 0. The molecule has 0 aliphatic rings. The van der Waals surface area contributed by atoms with E-state index < -0.39 is 16.0 Å². The predicted octanol–water partition coefficient (Wildman–Crippen LogP) is 0.255. The molecule has 0 spiro atoms. The second-order valence-corrected chi connectivity index (χ2v) is 6.17. The highest BCUT2D eigenvalue weighted by Gasteiger charge is 2.20. The van der Waals surface area contributed by atoms with Crippen molar-refractivity contribution in [3.8, 4) is 11.4 Å². The molecule has 9 nitrogen and oxygen atoms in total. The van der Waals surface area contributed by atoms with Crippen molar-refractivity contribution >= 4 is 21.7 Å². The van der Waals surface area contributed by atoms with Crippen molar-refractivity contribution in [1.29, 1.82) is 0 Å². The summed E-state index contributed by atoms with van der Waals surface area (Å²) < 4.78 is 25.9. The van der Waals surface area contributed by atoms with Crippen molar-refractivity contribution in [2.45, 2.75) is 6.92 Å². The molecule has 0 fully saturated rings. The predicted molar refractivity (Wildman–Crippen MR) is 74.4 cm³/mol. The van der Waals surface area contributed by atoms with E-state index in [-0.39, 0.29) is 11.4 Å². The van der Waals surface area contributed by atoms with Crippen LogP contribution in [0.15, 0.2) is 12.1 Å². The van der Waals surface area contributed by atoms with Gasteiger partial charge in [0, 0.05) is 7.05 Å². The number of aromatic nitrogens is 4. The van der Waals surface area contributed by atoms with Gasteiger partial charge in [-0.25, -0.2) is 22.9 Å². The van der Waals surface area contributed by atoms with Crippen LogP contribution in [0.3, 0.4) is 0 Å². The van der Waals surface area contributed by atoms with Crippen molar-refractivity contribution in [3.05, 3.63) is 23.5 Å². The average molecular weight is 311 g/mol. The average Bonchev–Trinajstić information content (AvgIpc) is 2.72. The first-order valence-electron chi connectivity index (χ1n) is 5.78. The maximum atomic E-state index is 11.2. The summed E-state index contributed by atoms with van der Waals surface area (Å²) in [5, 5.41) is 16.6. The monoisotopic (exact) mass is 311 g/mol. The van der Waals surface area contributed by atoms with Gasteiger partial charge in [-0.15, -0.1) is 5.10 Å². The summed E-state index contributed by atoms with van der Waals surface area (Å²) in [5.74, 6) is -1.17. The lowest BCUT2D eigenvalue weighted by atomic mass is 10.2. The van der Waals surface area contributed by atoms with Crippen LogP contribution in [0.4, 0.5) is 5.69 Å². The Morgan fingerprint density at radius 2 is 2.05 bits per heavy atom. The van der Waals surface area contributed by atoms with Gasteiger partial charge in [0.25, 0.3) is 0 Å². The zero-order valence-electron chi connectivity index (χ0n) is 11.5. The zero-order valence-corrected chi connectivity index (χ0v) is 12.3. The summed E-state index contributed by atoms with van der Waals surface area (Å²) in [7, 11) is -1.95. The fourth-order valence-electron chi connectivity index (χ4n) is 1.77. The first kappa shape index (κ1) is 14.9. The smallest absolute Gasteiger partial charge is 0.356 e. The third-order valence-electron chi connectivity index (χ3n) is 2.65. The number of carboxylic acid groups (broad SMARTS) is 1. The van der Waals surface area contributed by atoms with Crippen LogP contribution in [0.5, 0.6) is 0 Å². The quantitative estimate of drug-likeness (QED) is 0.828. The van der Waals surface area contributed by atoms with Gasteiger partial charge in [0.2, 0.25) is 10.0 Å². The van der Waals surface area contributed by atoms with E-state index in [1.54, 1.807) is 6.92 Å². The van der Waals surface area contributed by atoms with E-state index >= 15 is 0 Å². The summed E-state index contributed by atoms with van der Waals surface area (Å²) in [6.45, 7) is 1.60. The Balaban J connectivity index is 2.48. The number of carbonyl (C=O) groups is 1. The molecule has 0 atom stereocenters. The van der Waals surface area contributed by atoms with Crippen molar-refractivity contribution in [2.75, 3.05) is 11.0 Å². The van der Waals surface area contributed by atoms with E-state index in [1.165, 1.54) is 19.2 Å². The van der Waals surface area contributed by atoms with E-state index in [0.29, 0.717) is 17.1 Å². The number of hydrogen-bond acceptors (Lipinski definition) is 6. The molecule has 2 aromatic rings. The molecule has 0 amide bonds. The maximum Gasteiger partial charge on any atom is 0.356 e. The second kappa shape index (κ2) is 5.13. The number of anilines is 1. The van der Waals surface area contributed by atoms with Gasteiger partial charge in [-0.05, 0) is 19.1 Å². The van der Waals surface area contributed by atoms with E-state index in [9.17, 15) is 13.2 Å². The molecule has 0 bridgehead atoms. The molecule has 0 radical (unpaired) electrons. The SMILES string of the molecule is Cc1nc(-c2nnn(C)c2C(=O)O)ccc1NS(C)(=O)=O. The molecular weight excluding hydrogens is 298 g/mol. The van der Waals surface area contributed by atoms with Gasteiger partial charge in [-0.3, -0.25) is 4.72 Å². The fraction of sp³-hybridized carbons (Fsp3) is 0.273. The highest BCUT2D eigenvalue weighted by Crippen LogP contribution is 2.23. The first-order chi connectivity index (χ1) is 9.69. The minimum Gasteiger partial charge on any atom is -0.476 e. The molecule has 0 aromatic carbocycles. The number of hydrogen-bond donors (Lipinski definition) is 2. The first-order valence-corrected chi connectivity index (χ1v) is 7.67. The lowest BCUT2D eigenvalue weighted by molar-refractivity contribution is 0.0686. The Kier molecular flexibility index (Phi) is 3.64. The third kappa shape index (κ3) is 3.16. The summed E-state index contributed by atoms with van der Waals surface area (Å²) in [6.07, 6.45) is 1.03. The standard InChI is InChI=1S/C11H13N5O4S/c1-6-7(14-21(3,19)20)4-5-8(12-6)9-10(11(17)18)16(2)15-13-9/h4-5,14H,1-3H3,(H,17,18). The molecule has 112 valence electrons. The third-order valence-corrected chi connectivity index (χ3v) is 3.24. The Bertz CT molecular complexity index is 812. The molecule has 0 unspecified atom stereocenters. The molecule has 10 heteroatoms. The van der Waals surface area contributed by atoms with Crippen LogP contribution >= 0.6 is 0 Å². The Hall–Kier alpha value is -2.49. The largest absolute Gasteiger partial charge is 0.476 e. The van der Waals surface area contributed by atoms with E-state index in [1.807, 2.05) is 0 Å². The minimum atomic E-state index is -3.41. The summed E-state index contributed by atoms with van der Waals surface area (Å²) in [6, 6.07) is 2.98. The van der Waals surface area contributed by atoms with Gasteiger partial charge < -0.3 is 5.11 Å². The molecule has 21 heavy (non-hydrogen) atoms. The molecule has 0 aliphatic carbocycles. The zero-order chi connectivity index (χ0) is 15.8. The van der Waals surface area contributed by atoms with Crippen LogP contribution in [0.25, 0.3) is 11.4 Å². The van der Waals surface area contributed by atoms with Crippen LogP contribution in [0, 0.1) is 6.92 Å². The topological polar surface area (TPSA) is 127 Å². The lowest BCUT2D eigenvalue weighted by Crippen LogP contribution is -2.11. The van der Waals surface area contributed by atoms with Gasteiger partial charge in [0.15, 0.2) is 5.69 Å². The lowest BCUT2D eigenvalue weighted by Gasteiger charge is -2.08. The van der Waals surface area contributed by atoms with E-state index in [2.05, 4.69) is 20.0 Å². The second-order valence-electron chi connectivity index (χ2n) is 4.42. The van der Waals surface area contributed by atoms with Gasteiger partial charge >= 0.3 is 5.97 Å². The Morgan fingerprint density at radius 1 is 1.38 bits per heavy atom. The number of nitrogens with zero attached hydrogens (tertiary/aromatic N) is 4. The summed E-state index contributed by atoms with van der Waals surface area (Å²) in [4.78, 5) is 15.4.